The maximum absolute atomic E-state index is 12.3. The molecule has 0 amide bonds. The molecule has 0 bridgehead atoms. The number of anilines is 2. The van der Waals surface area contributed by atoms with Gasteiger partial charge in [0.2, 0.25) is 0 Å². The third-order valence-corrected chi connectivity index (χ3v) is 7.82. The summed E-state index contributed by atoms with van der Waals surface area (Å²) in [5.41, 5.74) is 9.44. The maximum Gasteiger partial charge on any atom is 0.161 e. The Labute approximate surface area is 238 Å². The zero-order valence-corrected chi connectivity index (χ0v) is 23.8. The van der Waals surface area contributed by atoms with Gasteiger partial charge in [-0.15, -0.1) is 0 Å². The molecular weight excluding hydrogens is 492 g/mol. The van der Waals surface area contributed by atoms with Gasteiger partial charge in [0.25, 0.3) is 0 Å². The van der Waals surface area contributed by atoms with Crippen LogP contribution in [-0.4, -0.2) is 24.0 Å². The molecule has 2 unspecified atom stereocenters. The van der Waals surface area contributed by atoms with Crippen LogP contribution in [0.4, 0.5) is 11.4 Å². The third kappa shape index (κ3) is 5.96. The Kier molecular flexibility index (Phi) is 8.06. The summed E-state index contributed by atoms with van der Waals surface area (Å²) >= 11 is 0. The first-order chi connectivity index (χ1) is 19.3. The van der Waals surface area contributed by atoms with Crippen LogP contribution >= 0.6 is 0 Å². The number of carbonyl (C=O) groups is 1. The predicted octanol–water partition coefficient (Wildman–Crippen LogP) is 8.13. The van der Waals surface area contributed by atoms with E-state index in [1.54, 1.807) is 0 Å². The Balaban J connectivity index is 0.000000161. The Hall–Kier alpha value is -4.31. The van der Waals surface area contributed by atoms with Crippen LogP contribution in [-0.2, 0) is 4.79 Å². The SMILES string of the molecule is Cc1ccc(C2C(=O)CCN2c2ccc(C)cc2)cc1.Cc1ccc(C2C(O)=CCN2c2ccc(C)cc2)cc1. The van der Waals surface area contributed by atoms with Crippen LogP contribution in [0.2, 0.25) is 0 Å². The summed E-state index contributed by atoms with van der Waals surface area (Å²) in [6, 6.07) is 33.3. The minimum absolute atomic E-state index is 0.0710. The zero-order chi connectivity index (χ0) is 28.2. The Morgan fingerprint density at radius 2 is 0.975 bits per heavy atom. The highest BCUT2D eigenvalue weighted by Crippen LogP contribution is 2.36. The van der Waals surface area contributed by atoms with Crippen molar-refractivity contribution in [2.24, 2.45) is 0 Å². The van der Waals surface area contributed by atoms with Crippen LogP contribution in [0.15, 0.2) is 109 Å². The van der Waals surface area contributed by atoms with Gasteiger partial charge in [0, 0.05) is 30.9 Å². The fraction of sp³-hybridized carbons (Fsp3) is 0.250. The van der Waals surface area contributed by atoms with Gasteiger partial charge in [0.1, 0.15) is 17.8 Å². The van der Waals surface area contributed by atoms with Crippen LogP contribution in [0.5, 0.6) is 0 Å². The normalized spacial score (nSPS) is 18.4. The number of aryl methyl sites for hydroxylation is 4. The topological polar surface area (TPSA) is 43.8 Å². The van der Waals surface area contributed by atoms with Crippen LogP contribution in [0.3, 0.4) is 0 Å². The molecule has 4 heteroatoms. The first-order valence-corrected chi connectivity index (χ1v) is 14.0. The molecule has 204 valence electrons. The second-order valence-electron chi connectivity index (χ2n) is 11.0. The highest BCUT2D eigenvalue weighted by Gasteiger charge is 2.33. The molecule has 4 nitrogen and oxygen atoms in total. The minimum atomic E-state index is -0.127. The predicted molar refractivity (Wildman–Crippen MR) is 165 cm³/mol. The lowest BCUT2D eigenvalue weighted by molar-refractivity contribution is -0.118. The monoisotopic (exact) mass is 530 g/mol. The summed E-state index contributed by atoms with van der Waals surface area (Å²) in [5.74, 6) is 0.754. The van der Waals surface area contributed by atoms with Gasteiger partial charge in [-0.2, -0.15) is 0 Å². The quantitative estimate of drug-likeness (QED) is 0.289. The van der Waals surface area contributed by atoms with E-state index in [1.807, 2.05) is 6.08 Å². The molecule has 4 aromatic carbocycles. The molecule has 4 aromatic rings. The fourth-order valence-corrected chi connectivity index (χ4v) is 5.46. The van der Waals surface area contributed by atoms with Crippen LogP contribution < -0.4 is 9.80 Å². The van der Waals surface area contributed by atoms with Gasteiger partial charge in [0.05, 0.1) is 0 Å². The summed E-state index contributed by atoms with van der Waals surface area (Å²) < 4.78 is 0. The van der Waals surface area contributed by atoms with Gasteiger partial charge in [-0.25, -0.2) is 0 Å². The van der Waals surface area contributed by atoms with E-state index >= 15 is 0 Å². The van der Waals surface area contributed by atoms with Gasteiger partial charge in [-0.3, -0.25) is 4.79 Å². The summed E-state index contributed by atoms with van der Waals surface area (Å²) in [7, 11) is 0. The average Bonchev–Trinajstić information content (AvgIpc) is 3.53. The molecule has 1 fully saturated rings. The summed E-state index contributed by atoms with van der Waals surface area (Å²) in [6.07, 6.45) is 2.52. The number of benzene rings is 4. The molecule has 2 aliphatic heterocycles. The molecule has 0 aromatic heterocycles. The van der Waals surface area contributed by atoms with Crippen molar-refractivity contribution in [2.45, 2.75) is 46.2 Å². The molecule has 0 radical (unpaired) electrons. The minimum Gasteiger partial charge on any atom is -0.510 e. The molecule has 2 aliphatic rings. The van der Waals surface area contributed by atoms with Gasteiger partial charge in [-0.05, 0) is 69.2 Å². The number of nitrogens with zero attached hydrogens (tertiary/aromatic N) is 2. The number of ketones is 1. The Morgan fingerprint density at radius 3 is 1.45 bits per heavy atom. The molecule has 2 atom stereocenters. The van der Waals surface area contributed by atoms with Crippen molar-refractivity contribution < 1.29 is 9.90 Å². The van der Waals surface area contributed by atoms with Crippen molar-refractivity contribution in [1.29, 1.82) is 0 Å². The number of aliphatic hydroxyl groups excluding tert-OH is 1. The highest BCUT2D eigenvalue weighted by atomic mass is 16.3. The van der Waals surface area contributed by atoms with E-state index < -0.39 is 0 Å². The van der Waals surface area contributed by atoms with Crippen LogP contribution in [0.25, 0.3) is 0 Å². The number of hydrogen-bond acceptors (Lipinski definition) is 4. The Morgan fingerprint density at radius 1 is 0.575 bits per heavy atom. The van der Waals surface area contributed by atoms with E-state index in [2.05, 4.69) is 135 Å². The molecule has 0 aliphatic carbocycles. The number of aliphatic hydroxyl groups is 1. The second-order valence-corrected chi connectivity index (χ2v) is 11.0. The lowest BCUT2D eigenvalue weighted by Gasteiger charge is -2.28. The maximum atomic E-state index is 12.3. The smallest absolute Gasteiger partial charge is 0.161 e. The van der Waals surface area contributed by atoms with Crippen molar-refractivity contribution in [2.75, 3.05) is 22.9 Å². The van der Waals surface area contributed by atoms with Gasteiger partial charge < -0.3 is 14.9 Å². The van der Waals surface area contributed by atoms with Gasteiger partial charge in [-0.1, -0.05) is 95.1 Å². The van der Waals surface area contributed by atoms with E-state index in [1.165, 1.54) is 22.3 Å². The first-order valence-electron chi connectivity index (χ1n) is 14.0. The summed E-state index contributed by atoms with van der Waals surface area (Å²) in [5, 5.41) is 10.2. The molecule has 0 saturated carbocycles. The standard InChI is InChI=1S/2C18H19NO/c2*1-13-3-7-15(8-4-13)18-17(20)11-12-19(18)16-9-5-14(2)6-10-16/h3-10,18H,11-12H2,1-2H3;3-11,18,20H,12H2,1-2H3. The number of rotatable bonds is 4. The zero-order valence-electron chi connectivity index (χ0n) is 23.8. The lowest BCUT2D eigenvalue weighted by Crippen LogP contribution is -2.25. The van der Waals surface area contributed by atoms with Crippen LogP contribution in [0, 0.1) is 27.7 Å². The third-order valence-electron chi connectivity index (χ3n) is 7.82. The van der Waals surface area contributed by atoms with Crippen molar-refractivity contribution in [3.63, 3.8) is 0 Å². The van der Waals surface area contributed by atoms with Crippen molar-refractivity contribution in [3.8, 4) is 0 Å². The van der Waals surface area contributed by atoms with Crippen molar-refractivity contribution >= 4 is 17.2 Å². The van der Waals surface area contributed by atoms with Gasteiger partial charge >= 0.3 is 0 Å². The molecule has 0 spiro atoms. The highest BCUT2D eigenvalue weighted by molar-refractivity contribution is 5.92. The van der Waals surface area contributed by atoms with E-state index in [9.17, 15) is 9.90 Å². The van der Waals surface area contributed by atoms with E-state index in [4.69, 9.17) is 0 Å². The average molecular weight is 531 g/mol. The van der Waals surface area contributed by atoms with Crippen molar-refractivity contribution in [1.82, 2.24) is 0 Å². The molecule has 1 saturated heterocycles. The number of hydrogen-bond donors (Lipinski definition) is 1. The first kappa shape index (κ1) is 27.3. The molecule has 6 rings (SSSR count). The summed E-state index contributed by atoms with van der Waals surface area (Å²) in [4.78, 5) is 16.7. The molecular formula is C36H38N2O2. The van der Waals surface area contributed by atoms with Gasteiger partial charge in [0.15, 0.2) is 5.78 Å². The lowest BCUT2D eigenvalue weighted by atomic mass is 10.0. The number of Topliss-reactive ketones (excluding diaryl/α,β-unsaturated/α-hetero) is 1. The number of carbonyl (C=O) groups excluding carboxylic acids is 1. The van der Waals surface area contributed by atoms with E-state index in [0.717, 1.165) is 35.6 Å². The van der Waals surface area contributed by atoms with E-state index in [0.29, 0.717) is 18.0 Å². The van der Waals surface area contributed by atoms with E-state index in [-0.39, 0.29) is 12.1 Å². The van der Waals surface area contributed by atoms with Crippen molar-refractivity contribution in [3.05, 3.63) is 142 Å². The van der Waals surface area contributed by atoms with Crippen LogP contribution in [0.1, 0.15) is 51.9 Å². The second kappa shape index (κ2) is 11.8. The fourth-order valence-electron chi connectivity index (χ4n) is 5.46. The largest absolute Gasteiger partial charge is 0.510 e. The molecule has 40 heavy (non-hydrogen) atoms. The Bertz CT molecular complexity index is 1430. The molecule has 1 N–H and O–H groups in total. The summed E-state index contributed by atoms with van der Waals surface area (Å²) in [6.45, 7) is 9.86. The molecule has 2 heterocycles.